The van der Waals surface area contributed by atoms with Crippen LogP contribution in [0.25, 0.3) is 11.0 Å². The van der Waals surface area contributed by atoms with Crippen LogP contribution in [0.5, 0.6) is 0 Å². The summed E-state index contributed by atoms with van der Waals surface area (Å²) >= 11 is 0. The van der Waals surface area contributed by atoms with Crippen LogP contribution in [0.2, 0.25) is 0 Å². The first-order valence-corrected chi connectivity index (χ1v) is 8.88. The van der Waals surface area contributed by atoms with Crippen molar-refractivity contribution in [2.24, 2.45) is 5.41 Å². The van der Waals surface area contributed by atoms with Crippen molar-refractivity contribution >= 4 is 22.9 Å². The molecule has 0 saturated heterocycles. The van der Waals surface area contributed by atoms with E-state index in [1.807, 2.05) is 25.2 Å². The molecule has 142 valence electrons. The lowest BCUT2D eigenvalue weighted by Gasteiger charge is -2.16. The van der Waals surface area contributed by atoms with Crippen molar-refractivity contribution < 1.29 is 4.79 Å². The standard InChI is InChI=1S/C20H25N5O2/c1-20(2,3)18(27)24-19-22-16-15(17(26)23-19)10-14(21-16)12-25(4)11-13-8-6-5-7-9-13/h5-10H,11-12H2,1-4H3,(H3,21,22,23,24,26,27). The van der Waals surface area contributed by atoms with E-state index in [0.29, 0.717) is 17.6 Å². The second kappa shape index (κ2) is 7.36. The largest absolute Gasteiger partial charge is 0.342 e. The lowest BCUT2D eigenvalue weighted by Crippen LogP contribution is -2.29. The van der Waals surface area contributed by atoms with Crippen molar-refractivity contribution in [1.29, 1.82) is 0 Å². The van der Waals surface area contributed by atoms with Gasteiger partial charge in [-0.2, -0.15) is 4.98 Å². The average molecular weight is 367 g/mol. The monoisotopic (exact) mass is 367 g/mol. The number of aromatic amines is 2. The van der Waals surface area contributed by atoms with E-state index in [4.69, 9.17) is 0 Å². The number of carbonyl (C=O) groups is 1. The topological polar surface area (TPSA) is 93.9 Å². The number of carbonyl (C=O) groups excluding carboxylic acids is 1. The molecule has 0 unspecified atom stereocenters. The van der Waals surface area contributed by atoms with Crippen molar-refractivity contribution in [3.63, 3.8) is 0 Å². The molecule has 7 nitrogen and oxygen atoms in total. The summed E-state index contributed by atoms with van der Waals surface area (Å²) < 4.78 is 0. The van der Waals surface area contributed by atoms with Crippen LogP contribution < -0.4 is 10.9 Å². The summed E-state index contributed by atoms with van der Waals surface area (Å²) in [6.07, 6.45) is 0. The summed E-state index contributed by atoms with van der Waals surface area (Å²) in [5.74, 6) is -0.0576. The molecule has 0 aliphatic heterocycles. The molecule has 3 aromatic rings. The lowest BCUT2D eigenvalue weighted by molar-refractivity contribution is -0.123. The van der Waals surface area contributed by atoms with Gasteiger partial charge in [-0.3, -0.25) is 24.8 Å². The maximum atomic E-state index is 12.3. The predicted molar refractivity (Wildman–Crippen MR) is 106 cm³/mol. The molecule has 0 bridgehead atoms. The maximum Gasteiger partial charge on any atom is 0.261 e. The Morgan fingerprint density at radius 1 is 1.15 bits per heavy atom. The summed E-state index contributed by atoms with van der Waals surface area (Å²) in [6.45, 7) is 6.85. The molecule has 0 spiro atoms. The van der Waals surface area contributed by atoms with Gasteiger partial charge in [0.05, 0.1) is 5.39 Å². The van der Waals surface area contributed by atoms with Crippen LogP contribution in [0, 0.1) is 5.41 Å². The molecule has 0 atom stereocenters. The Hall–Kier alpha value is -2.93. The van der Waals surface area contributed by atoms with Crippen LogP contribution in [0.1, 0.15) is 32.0 Å². The summed E-state index contributed by atoms with van der Waals surface area (Å²) in [7, 11) is 2.02. The van der Waals surface area contributed by atoms with E-state index in [9.17, 15) is 9.59 Å². The van der Waals surface area contributed by atoms with Gasteiger partial charge in [0.25, 0.3) is 5.56 Å². The van der Waals surface area contributed by atoms with E-state index in [1.165, 1.54) is 5.56 Å². The third kappa shape index (κ3) is 4.62. The van der Waals surface area contributed by atoms with Gasteiger partial charge in [-0.25, -0.2) is 0 Å². The highest BCUT2D eigenvalue weighted by molar-refractivity contribution is 5.93. The number of amides is 1. The summed E-state index contributed by atoms with van der Waals surface area (Å²) in [6, 6.07) is 12.0. The predicted octanol–water partition coefficient (Wildman–Crippen LogP) is 2.87. The van der Waals surface area contributed by atoms with E-state index in [2.05, 4.69) is 37.3 Å². The molecule has 0 aliphatic carbocycles. The number of hydrogen-bond donors (Lipinski definition) is 3. The van der Waals surface area contributed by atoms with Crippen molar-refractivity contribution in [1.82, 2.24) is 19.9 Å². The average Bonchev–Trinajstić information content (AvgIpc) is 2.97. The molecule has 7 heteroatoms. The Balaban J connectivity index is 1.77. The number of anilines is 1. The van der Waals surface area contributed by atoms with Crippen molar-refractivity contribution in [2.45, 2.75) is 33.9 Å². The lowest BCUT2D eigenvalue weighted by atomic mass is 9.96. The highest BCUT2D eigenvalue weighted by Gasteiger charge is 2.22. The Morgan fingerprint density at radius 3 is 2.52 bits per heavy atom. The molecule has 1 aromatic carbocycles. The van der Waals surface area contributed by atoms with Gasteiger partial charge in [0.2, 0.25) is 11.9 Å². The van der Waals surface area contributed by atoms with Crippen LogP contribution in [0.15, 0.2) is 41.2 Å². The Kier molecular flexibility index (Phi) is 5.14. The van der Waals surface area contributed by atoms with Gasteiger partial charge in [-0.05, 0) is 18.7 Å². The van der Waals surface area contributed by atoms with E-state index in [0.717, 1.165) is 12.2 Å². The molecule has 3 rings (SSSR count). The summed E-state index contributed by atoms with van der Waals surface area (Å²) in [5.41, 5.74) is 1.72. The zero-order valence-electron chi connectivity index (χ0n) is 16.1. The van der Waals surface area contributed by atoms with Crippen molar-refractivity contribution in [3.05, 3.63) is 58.0 Å². The number of nitrogens with zero attached hydrogens (tertiary/aromatic N) is 2. The van der Waals surface area contributed by atoms with E-state index >= 15 is 0 Å². The van der Waals surface area contributed by atoms with E-state index < -0.39 is 5.41 Å². The fourth-order valence-electron chi connectivity index (χ4n) is 2.76. The van der Waals surface area contributed by atoms with Gasteiger partial charge in [0.15, 0.2) is 0 Å². The SMILES string of the molecule is CN(Cc1ccccc1)Cc1cc2c(=O)[nH]c(NC(=O)C(C)(C)C)nc2[nH]1. The molecular formula is C20H25N5O2. The quantitative estimate of drug-likeness (QED) is 0.646. The molecular weight excluding hydrogens is 342 g/mol. The Bertz CT molecular complexity index is 999. The summed E-state index contributed by atoms with van der Waals surface area (Å²) in [5, 5.41) is 3.14. The highest BCUT2D eigenvalue weighted by Crippen LogP contribution is 2.17. The number of rotatable bonds is 5. The van der Waals surface area contributed by atoms with Gasteiger partial charge in [0.1, 0.15) is 5.65 Å². The van der Waals surface area contributed by atoms with E-state index in [-0.39, 0.29) is 17.4 Å². The first-order chi connectivity index (χ1) is 12.7. The number of hydrogen-bond acceptors (Lipinski definition) is 4. The number of fused-ring (bicyclic) bond motifs is 1. The Labute approximate surface area is 157 Å². The molecule has 3 N–H and O–H groups in total. The normalized spacial score (nSPS) is 11.9. The first kappa shape index (κ1) is 18.8. The smallest absolute Gasteiger partial charge is 0.261 e. The first-order valence-electron chi connectivity index (χ1n) is 8.88. The highest BCUT2D eigenvalue weighted by atomic mass is 16.2. The molecule has 1 amide bonds. The number of H-pyrrole nitrogens is 2. The van der Waals surface area contributed by atoms with Gasteiger partial charge < -0.3 is 4.98 Å². The number of benzene rings is 1. The third-order valence-electron chi connectivity index (χ3n) is 4.20. The molecule has 0 radical (unpaired) electrons. The van der Waals surface area contributed by atoms with Crippen LogP contribution in [-0.2, 0) is 17.9 Å². The van der Waals surface area contributed by atoms with E-state index in [1.54, 1.807) is 26.8 Å². The molecule has 0 aliphatic rings. The third-order valence-corrected chi connectivity index (χ3v) is 4.20. The van der Waals surface area contributed by atoms with Gasteiger partial charge in [-0.15, -0.1) is 0 Å². The van der Waals surface area contributed by atoms with Crippen LogP contribution in [0.3, 0.4) is 0 Å². The van der Waals surface area contributed by atoms with Gasteiger partial charge in [-0.1, -0.05) is 51.1 Å². The van der Waals surface area contributed by atoms with Crippen molar-refractivity contribution in [2.75, 3.05) is 12.4 Å². The van der Waals surface area contributed by atoms with Gasteiger partial charge >= 0.3 is 0 Å². The van der Waals surface area contributed by atoms with Crippen LogP contribution in [0.4, 0.5) is 5.95 Å². The fourth-order valence-corrected chi connectivity index (χ4v) is 2.76. The zero-order valence-corrected chi connectivity index (χ0v) is 16.1. The molecule has 0 saturated carbocycles. The number of nitrogens with one attached hydrogen (secondary N) is 3. The molecule has 2 heterocycles. The summed E-state index contributed by atoms with van der Waals surface area (Å²) in [4.78, 5) is 36.8. The second-order valence-corrected chi connectivity index (χ2v) is 7.83. The minimum Gasteiger partial charge on any atom is -0.342 e. The number of aromatic nitrogens is 3. The van der Waals surface area contributed by atoms with Crippen LogP contribution in [-0.4, -0.2) is 32.8 Å². The molecule has 2 aromatic heterocycles. The molecule has 0 fully saturated rings. The van der Waals surface area contributed by atoms with Crippen LogP contribution >= 0.6 is 0 Å². The van der Waals surface area contributed by atoms with Gasteiger partial charge in [0, 0.05) is 24.2 Å². The Morgan fingerprint density at radius 2 is 1.85 bits per heavy atom. The minimum atomic E-state index is -0.575. The maximum absolute atomic E-state index is 12.3. The molecule has 27 heavy (non-hydrogen) atoms. The van der Waals surface area contributed by atoms with Crippen molar-refractivity contribution in [3.8, 4) is 0 Å². The minimum absolute atomic E-state index is 0.151. The fraction of sp³-hybridized carbons (Fsp3) is 0.350. The zero-order chi connectivity index (χ0) is 19.6. The second-order valence-electron chi connectivity index (χ2n) is 7.83.